The number of aromatic nitrogens is 3. The highest BCUT2D eigenvalue weighted by molar-refractivity contribution is 7.99. The number of benzene rings is 1. The van der Waals surface area contributed by atoms with Crippen LogP contribution in [-0.2, 0) is 11.8 Å². The molecule has 19 heavy (non-hydrogen) atoms. The molecular formula is C12H12ClN3O2S. The zero-order valence-corrected chi connectivity index (χ0v) is 12.0. The van der Waals surface area contributed by atoms with Crippen LogP contribution in [-0.4, -0.2) is 31.6 Å². The van der Waals surface area contributed by atoms with E-state index in [1.807, 2.05) is 19.1 Å². The van der Waals surface area contributed by atoms with Crippen molar-refractivity contribution >= 4 is 29.3 Å². The Morgan fingerprint density at radius 3 is 2.89 bits per heavy atom. The van der Waals surface area contributed by atoms with Gasteiger partial charge in [-0.05, 0) is 18.6 Å². The predicted molar refractivity (Wildman–Crippen MR) is 74.5 cm³/mol. The number of hydrogen-bond acceptors (Lipinski definition) is 4. The third-order valence-electron chi connectivity index (χ3n) is 2.48. The van der Waals surface area contributed by atoms with E-state index in [0.717, 1.165) is 22.9 Å². The summed E-state index contributed by atoms with van der Waals surface area (Å²) in [7, 11) is 1.73. The van der Waals surface area contributed by atoms with Gasteiger partial charge < -0.3 is 5.11 Å². The highest BCUT2D eigenvalue weighted by Crippen LogP contribution is 2.25. The molecule has 2 rings (SSSR count). The number of carboxylic acids is 1. The number of carbonyl (C=O) groups is 1. The molecule has 1 heterocycles. The Balaban J connectivity index is 2.28. The van der Waals surface area contributed by atoms with Gasteiger partial charge in [-0.1, -0.05) is 35.5 Å². The van der Waals surface area contributed by atoms with Crippen molar-refractivity contribution in [1.29, 1.82) is 0 Å². The van der Waals surface area contributed by atoms with Crippen LogP contribution in [0.2, 0.25) is 5.02 Å². The first-order chi connectivity index (χ1) is 8.97. The van der Waals surface area contributed by atoms with Crippen molar-refractivity contribution in [1.82, 2.24) is 14.8 Å². The Morgan fingerprint density at radius 1 is 1.53 bits per heavy atom. The molecule has 0 saturated carbocycles. The van der Waals surface area contributed by atoms with E-state index < -0.39 is 5.97 Å². The molecule has 0 unspecified atom stereocenters. The third-order valence-corrected chi connectivity index (χ3v) is 3.89. The third kappa shape index (κ3) is 3.27. The van der Waals surface area contributed by atoms with Gasteiger partial charge in [0.05, 0.1) is 5.75 Å². The van der Waals surface area contributed by atoms with Gasteiger partial charge in [0.25, 0.3) is 0 Å². The van der Waals surface area contributed by atoms with E-state index in [-0.39, 0.29) is 5.75 Å². The average Bonchev–Trinajstić information content (AvgIpc) is 2.71. The number of aliphatic carboxylic acids is 1. The summed E-state index contributed by atoms with van der Waals surface area (Å²) < 4.78 is 1.57. The van der Waals surface area contributed by atoms with E-state index in [4.69, 9.17) is 16.7 Å². The summed E-state index contributed by atoms with van der Waals surface area (Å²) in [4.78, 5) is 14.9. The lowest BCUT2D eigenvalue weighted by Crippen LogP contribution is -2.00. The summed E-state index contributed by atoms with van der Waals surface area (Å²) >= 11 is 7.20. The Bertz CT molecular complexity index is 627. The highest BCUT2D eigenvalue weighted by Gasteiger charge is 2.12. The lowest BCUT2D eigenvalue weighted by Gasteiger charge is -1.99. The molecule has 2 aromatic rings. The number of rotatable bonds is 4. The zero-order valence-electron chi connectivity index (χ0n) is 10.4. The standard InChI is InChI=1S/C12H12ClN3O2S/c1-7-3-4-8(5-9(7)13)11-14-12(16(2)15-11)19-6-10(17)18/h3-5H,6H2,1-2H3,(H,17,18). The van der Waals surface area contributed by atoms with Crippen molar-refractivity contribution in [3.8, 4) is 11.4 Å². The maximum absolute atomic E-state index is 10.5. The normalized spacial score (nSPS) is 10.7. The Hall–Kier alpha value is -1.53. The molecule has 0 saturated heterocycles. The molecule has 0 bridgehead atoms. The first-order valence-corrected chi connectivity index (χ1v) is 6.86. The molecule has 7 heteroatoms. The minimum atomic E-state index is -0.882. The van der Waals surface area contributed by atoms with E-state index in [2.05, 4.69) is 10.1 Å². The first-order valence-electron chi connectivity index (χ1n) is 5.49. The molecule has 0 amide bonds. The Labute approximate surface area is 119 Å². The first kappa shape index (κ1) is 13.9. The summed E-state index contributed by atoms with van der Waals surface area (Å²) in [5, 5.41) is 14.1. The van der Waals surface area contributed by atoms with Gasteiger partial charge in [0.15, 0.2) is 11.0 Å². The van der Waals surface area contributed by atoms with Crippen molar-refractivity contribution in [2.24, 2.45) is 7.05 Å². The summed E-state index contributed by atoms with van der Waals surface area (Å²) in [6.07, 6.45) is 0. The van der Waals surface area contributed by atoms with Gasteiger partial charge in [-0.25, -0.2) is 9.67 Å². The van der Waals surface area contributed by atoms with E-state index in [0.29, 0.717) is 16.0 Å². The van der Waals surface area contributed by atoms with Crippen molar-refractivity contribution in [3.05, 3.63) is 28.8 Å². The van der Waals surface area contributed by atoms with Gasteiger partial charge in [-0.3, -0.25) is 4.79 Å². The summed E-state index contributed by atoms with van der Waals surface area (Å²) in [6, 6.07) is 5.60. The number of nitrogens with zero attached hydrogens (tertiary/aromatic N) is 3. The van der Waals surface area contributed by atoms with Crippen LogP contribution in [0.15, 0.2) is 23.4 Å². The van der Waals surface area contributed by atoms with Crippen LogP contribution in [0.4, 0.5) is 0 Å². The quantitative estimate of drug-likeness (QED) is 0.879. The van der Waals surface area contributed by atoms with E-state index in [9.17, 15) is 4.79 Å². The topological polar surface area (TPSA) is 68.0 Å². The molecule has 100 valence electrons. The molecule has 1 N–H and O–H groups in total. The van der Waals surface area contributed by atoms with Crippen molar-refractivity contribution in [3.63, 3.8) is 0 Å². The second kappa shape index (κ2) is 5.63. The molecule has 0 radical (unpaired) electrons. The maximum Gasteiger partial charge on any atom is 0.313 e. The van der Waals surface area contributed by atoms with Crippen LogP contribution in [0.5, 0.6) is 0 Å². The van der Waals surface area contributed by atoms with Gasteiger partial charge in [-0.2, -0.15) is 5.10 Å². The molecule has 0 aliphatic rings. The van der Waals surface area contributed by atoms with Crippen molar-refractivity contribution < 1.29 is 9.90 Å². The van der Waals surface area contributed by atoms with Crippen molar-refractivity contribution in [2.75, 3.05) is 5.75 Å². The summed E-state index contributed by atoms with van der Waals surface area (Å²) in [5.41, 5.74) is 1.80. The van der Waals surface area contributed by atoms with Gasteiger partial charge in [-0.15, -0.1) is 0 Å². The summed E-state index contributed by atoms with van der Waals surface area (Å²) in [6.45, 7) is 1.92. The molecule has 1 aromatic heterocycles. The van der Waals surface area contributed by atoms with E-state index in [1.165, 1.54) is 0 Å². The number of halogens is 1. The second-order valence-electron chi connectivity index (χ2n) is 3.99. The molecular weight excluding hydrogens is 286 g/mol. The fourth-order valence-corrected chi connectivity index (χ4v) is 2.29. The predicted octanol–water partition coefficient (Wildman–Crippen LogP) is 2.62. The number of hydrogen-bond donors (Lipinski definition) is 1. The molecule has 1 aromatic carbocycles. The van der Waals surface area contributed by atoms with Crippen molar-refractivity contribution in [2.45, 2.75) is 12.1 Å². The monoisotopic (exact) mass is 297 g/mol. The molecule has 0 atom stereocenters. The van der Waals surface area contributed by atoms with Crippen LogP contribution in [0.25, 0.3) is 11.4 Å². The summed E-state index contributed by atoms with van der Waals surface area (Å²) in [5.74, 6) is -0.383. The van der Waals surface area contributed by atoms with E-state index in [1.54, 1.807) is 17.8 Å². The molecule has 0 spiro atoms. The van der Waals surface area contributed by atoms with Gasteiger partial charge in [0.1, 0.15) is 0 Å². The van der Waals surface area contributed by atoms with Gasteiger partial charge in [0.2, 0.25) is 0 Å². The minimum Gasteiger partial charge on any atom is -0.481 e. The smallest absolute Gasteiger partial charge is 0.313 e. The number of aryl methyl sites for hydroxylation is 2. The number of carboxylic acid groups (broad SMARTS) is 1. The molecule has 0 aliphatic carbocycles. The maximum atomic E-state index is 10.5. The largest absolute Gasteiger partial charge is 0.481 e. The molecule has 0 fully saturated rings. The number of thioether (sulfide) groups is 1. The van der Waals surface area contributed by atoms with E-state index >= 15 is 0 Å². The van der Waals surface area contributed by atoms with Gasteiger partial charge in [0, 0.05) is 17.6 Å². The lowest BCUT2D eigenvalue weighted by atomic mass is 10.1. The second-order valence-corrected chi connectivity index (χ2v) is 5.34. The lowest BCUT2D eigenvalue weighted by molar-refractivity contribution is -0.133. The van der Waals surface area contributed by atoms with Crippen LogP contribution >= 0.6 is 23.4 Å². The fraction of sp³-hybridized carbons (Fsp3) is 0.250. The SMILES string of the molecule is Cc1ccc(-c2nc(SCC(=O)O)n(C)n2)cc1Cl. The molecule has 5 nitrogen and oxygen atoms in total. The Kier molecular flexibility index (Phi) is 4.11. The van der Waals surface area contributed by atoms with Gasteiger partial charge >= 0.3 is 5.97 Å². The van der Waals surface area contributed by atoms with Crippen LogP contribution < -0.4 is 0 Å². The molecule has 0 aliphatic heterocycles. The van der Waals surface area contributed by atoms with Crippen LogP contribution in [0.3, 0.4) is 0 Å². The zero-order chi connectivity index (χ0) is 14.0. The van der Waals surface area contributed by atoms with Crippen LogP contribution in [0, 0.1) is 6.92 Å². The average molecular weight is 298 g/mol. The fourth-order valence-electron chi connectivity index (χ4n) is 1.48. The minimum absolute atomic E-state index is 0.0410. The van der Waals surface area contributed by atoms with Crippen LogP contribution in [0.1, 0.15) is 5.56 Å². The Morgan fingerprint density at radius 2 is 2.26 bits per heavy atom. The highest BCUT2D eigenvalue weighted by atomic mass is 35.5.